The highest BCUT2D eigenvalue weighted by molar-refractivity contribution is 8.00. The van der Waals surface area contributed by atoms with Gasteiger partial charge in [-0.15, -0.1) is 11.3 Å². The molecule has 186 valence electrons. The lowest BCUT2D eigenvalue weighted by atomic mass is 9.94. The van der Waals surface area contributed by atoms with E-state index in [4.69, 9.17) is 4.98 Å². The predicted molar refractivity (Wildman–Crippen MR) is 146 cm³/mol. The first kappa shape index (κ1) is 24.6. The molecule has 0 saturated heterocycles. The highest BCUT2D eigenvalue weighted by Gasteiger charge is 2.30. The molecular formula is C28H35N3O2S2. The number of hydrogen-bond donors (Lipinski definition) is 0. The van der Waals surface area contributed by atoms with Crippen LogP contribution in [-0.2, 0) is 17.6 Å². The molecule has 7 heteroatoms. The van der Waals surface area contributed by atoms with Gasteiger partial charge in [-0.2, -0.15) is 0 Å². The first-order chi connectivity index (χ1) is 16.9. The van der Waals surface area contributed by atoms with Crippen molar-refractivity contribution in [3.05, 3.63) is 50.1 Å². The Morgan fingerprint density at radius 3 is 2.71 bits per heavy atom. The second kappa shape index (κ2) is 10.1. The topological polar surface area (TPSA) is 55.2 Å². The van der Waals surface area contributed by atoms with Gasteiger partial charge in [-0.05, 0) is 82.6 Å². The Labute approximate surface area is 215 Å². The number of amides is 1. The summed E-state index contributed by atoms with van der Waals surface area (Å²) < 4.78 is 1.78. The summed E-state index contributed by atoms with van der Waals surface area (Å²) in [7, 11) is 0. The average Bonchev–Trinajstić information content (AvgIpc) is 3.43. The third kappa shape index (κ3) is 4.57. The number of hydrogen-bond acceptors (Lipinski definition) is 5. The molecule has 2 aliphatic carbocycles. The van der Waals surface area contributed by atoms with Gasteiger partial charge in [-0.1, -0.05) is 43.2 Å². The lowest BCUT2D eigenvalue weighted by Crippen LogP contribution is -2.44. The van der Waals surface area contributed by atoms with Crippen LogP contribution in [0, 0.1) is 13.8 Å². The van der Waals surface area contributed by atoms with Crippen molar-refractivity contribution in [1.29, 1.82) is 0 Å². The van der Waals surface area contributed by atoms with Crippen LogP contribution in [0.3, 0.4) is 0 Å². The van der Waals surface area contributed by atoms with Crippen molar-refractivity contribution in [1.82, 2.24) is 14.5 Å². The van der Waals surface area contributed by atoms with Gasteiger partial charge in [-0.25, -0.2) is 4.98 Å². The molecule has 5 nitrogen and oxygen atoms in total. The van der Waals surface area contributed by atoms with Gasteiger partial charge in [0.05, 0.1) is 16.3 Å². The molecule has 0 N–H and O–H groups in total. The van der Waals surface area contributed by atoms with E-state index < -0.39 is 0 Å². The molecule has 0 spiro atoms. The van der Waals surface area contributed by atoms with Crippen molar-refractivity contribution in [3.63, 3.8) is 0 Å². The van der Waals surface area contributed by atoms with E-state index in [2.05, 4.69) is 30.0 Å². The van der Waals surface area contributed by atoms with E-state index in [1.54, 1.807) is 15.9 Å². The summed E-state index contributed by atoms with van der Waals surface area (Å²) in [5.74, 6) is 0.153. The Hall–Kier alpha value is -2.12. The first-order valence-electron chi connectivity index (χ1n) is 13.0. The lowest BCUT2D eigenvalue weighted by Gasteiger charge is -2.35. The molecule has 2 aliphatic rings. The van der Waals surface area contributed by atoms with Crippen LogP contribution in [0.15, 0.2) is 28.2 Å². The number of aryl methyl sites for hydroxylation is 4. The number of aromatic nitrogens is 2. The molecule has 1 aromatic carbocycles. The van der Waals surface area contributed by atoms with Gasteiger partial charge in [0.1, 0.15) is 4.83 Å². The Kier molecular flexibility index (Phi) is 7.09. The van der Waals surface area contributed by atoms with E-state index in [1.807, 2.05) is 20.8 Å². The molecule has 0 aliphatic heterocycles. The van der Waals surface area contributed by atoms with Crippen molar-refractivity contribution >= 4 is 39.2 Å². The second-order valence-corrected chi connectivity index (χ2v) is 12.4. The van der Waals surface area contributed by atoms with Crippen LogP contribution in [0.4, 0.5) is 0 Å². The number of thioether (sulfide) groups is 1. The van der Waals surface area contributed by atoms with Crippen LogP contribution >= 0.6 is 23.1 Å². The molecule has 3 aromatic rings. The van der Waals surface area contributed by atoms with E-state index in [-0.39, 0.29) is 16.7 Å². The SMILES string of the molecule is CCN(C(=O)[C@H](C)Sc1nc2sc3c(c2c(=O)n1-c1cc(C)ccc1C)CCC3)C1CCCCC1. The minimum absolute atomic E-state index is 0.00452. The van der Waals surface area contributed by atoms with Crippen LogP contribution in [0.5, 0.6) is 0 Å². The van der Waals surface area contributed by atoms with Crippen molar-refractivity contribution in [2.45, 2.75) is 95.5 Å². The summed E-state index contributed by atoms with van der Waals surface area (Å²) in [6.45, 7) is 8.85. The van der Waals surface area contributed by atoms with Gasteiger partial charge in [0.15, 0.2) is 5.16 Å². The molecule has 1 fully saturated rings. The smallest absolute Gasteiger partial charge is 0.267 e. The number of benzene rings is 1. The molecule has 1 amide bonds. The molecule has 0 unspecified atom stereocenters. The third-order valence-electron chi connectivity index (χ3n) is 7.58. The summed E-state index contributed by atoms with van der Waals surface area (Å²) in [4.78, 5) is 36.9. The van der Waals surface area contributed by atoms with Gasteiger partial charge in [0, 0.05) is 17.5 Å². The van der Waals surface area contributed by atoms with Crippen molar-refractivity contribution < 1.29 is 4.79 Å². The van der Waals surface area contributed by atoms with Gasteiger partial charge in [-0.3, -0.25) is 14.2 Å². The molecule has 0 radical (unpaired) electrons. The quantitative estimate of drug-likeness (QED) is 0.293. The van der Waals surface area contributed by atoms with E-state index in [0.717, 1.165) is 65.7 Å². The molecular weight excluding hydrogens is 474 g/mol. The Balaban J connectivity index is 1.58. The molecule has 2 aromatic heterocycles. The fraction of sp³-hybridized carbons (Fsp3) is 0.536. The summed E-state index contributed by atoms with van der Waals surface area (Å²) in [6, 6.07) is 6.53. The van der Waals surface area contributed by atoms with Crippen LogP contribution in [0.25, 0.3) is 15.9 Å². The van der Waals surface area contributed by atoms with Gasteiger partial charge in [0.2, 0.25) is 5.91 Å². The molecule has 1 saturated carbocycles. The van der Waals surface area contributed by atoms with Gasteiger partial charge in [0.25, 0.3) is 5.56 Å². The van der Waals surface area contributed by atoms with Crippen LogP contribution in [-0.4, -0.2) is 38.2 Å². The van der Waals surface area contributed by atoms with Crippen LogP contribution in [0.2, 0.25) is 0 Å². The van der Waals surface area contributed by atoms with Crippen LogP contribution < -0.4 is 5.56 Å². The van der Waals surface area contributed by atoms with E-state index >= 15 is 0 Å². The predicted octanol–water partition coefficient (Wildman–Crippen LogP) is 6.21. The molecule has 5 rings (SSSR count). The number of fused-ring (bicyclic) bond motifs is 3. The van der Waals surface area contributed by atoms with Crippen molar-refractivity contribution in [3.8, 4) is 5.69 Å². The maximum Gasteiger partial charge on any atom is 0.267 e. The summed E-state index contributed by atoms with van der Waals surface area (Å²) in [5, 5.41) is 1.09. The monoisotopic (exact) mass is 509 g/mol. The minimum Gasteiger partial charge on any atom is -0.339 e. The maximum atomic E-state index is 14.0. The number of nitrogens with zero attached hydrogens (tertiary/aromatic N) is 3. The maximum absolute atomic E-state index is 14.0. The zero-order chi connectivity index (χ0) is 24.7. The lowest BCUT2D eigenvalue weighted by molar-refractivity contribution is -0.133. The highest BCUT2D eigenvalue weighted by atomic mass is 32.2. The molecule has 35 heavy (non-hydrogen) atoms. The zero-order valence-corrected chi connectivity index (χ0v) is 22.9. The largest absolute Gasteiger partial charge is 0.339 e. The normalized spacial score (nSPS) is 17.0. The summed E-state index contributed by atoms with van der Waals surface area (Å²) in [6.07, 6.45) is 8.94. The first-order valence-corrected chi connectivity index (χ1v) is 14.7. The fourth-order valence-electron chi connectivity index (χ4n) is 5.71. The fourth-order valence-corrected chi connectivity index (χ4v) is 8.00. The van der Waals surface area contributed by atoms with E-state index in [0.29, 0.717) is 11.2 Å². The average molecular weight is 510 g/mol. The second-order valence-electron chi connectivity index (χ2n) is 10.0. The Morgan fingerprint density at radius 2 is 1.97 bits per heavy atom. The van der Waals surface area contributed by atoms with E-state index in [1.165, 1.54) is 41.5 Å². The van der Waals surface area contributed by atoms with Crippen LogP contribution in [0.1, 0.15) is 73.9 Å². The van der Waals surface area contributed by atoms with Crippen molar-refractivity contribution in [2.24, 2.45) is 0 Å². The van der Waals surface area contributed by atoms with Crippen molar-refractivity contribution in [2.75, 3.05) is 6.54 Å². The van der Waals surface area contributed by atoms with E-state index in [9.17, 15) is 9.59 Å². The zero-order valence-electron chi connectivity index (χ0n) is 21.2. The Morgan fingerprint density at radius 1 is 1.20 bits per heavy atom. The molecule has 1 atom stereocenters. The number of carbonyl (C=O) groups excluding carboxylic acids is 1. The Bertz CT molecular complexity index is 1320. The summed E-state index contributed by atoms with van der Waals surface area (Å²) in [5.41, 5.74) is 4.19. The minimum atomic E-state index is -0.315. The molecule has 2 heterocycles. The van der Waals surface area contributed by atoms with Gasteiger partial charge >= 0.3 is 0 Å². The third-order valence-corrected chi connectivity index (χ3v) is 9.81. The number of rotatable bonds is 6. The number of thiophene rings is 1. The number of carbonyl (C=O) groups is 1. The highest BCUT2D eigenvalue weighted by Crippen LogP contribution is 2.37. The summed E-state index contributed by atoms with van der Waals surface area (Å²) >= 11 is 3.09. The standard InChI is InChI=1S/C28H35N3O2S2/c1-5-30(20-10-7-6-8-11-20)26(32)19(4)34-28-29-25-24(21-12-9-13-23(21)35-25)27(33)31(28)22-16-17(2)14-15-18(22)3/h14-16,19-20H,5-13H2,1-4H3/t19-/m0/s1. The van der Waals surface area contributed by atoms with Gasteiger partial charge < -0.3 is 4.90 Å². The molecule has 0 bridgehead atoms.